The number of benzene rings is 1. The van der Waals surface area contributed by atoms with Crippen molar-refractivity contribution in [1.29, 1.82) is 0 Å². The van der Waals surface area contributed by atoms with Gasteiger partial charge in [-0.2, -0.15) is 0 Å². The average molecular weight is 243 g/mol. The lowest BCUT2D eigenvalue weighted by Gasteiger charge is -2.06. The molecular formula is C14H13NO3. The number of pyridine rings is 1. The first-order valence-electron chi connectivity index (χ1n) is 5.48. The van der Waals surface area contributed by atoms with Gasteiger partial charge in [0.05, 0.1) is 12.7 Å². The molecule has 0 saturated carbocycles. The van der Waals surface area contributed by atoms with Crippen LogP contribution in [0.5, 0.6) is 11.5 Å². The van der Waals surface area contributed by atoms with Crippen LogP contribution in [0.3, 0.4) is 0 Å². The number of esters is 1. The summed E-state index contributed by atoms with van der Waals surface area (Å²) in [4.78, 5) is 15.3. The van der Waals surface area contributed by atoms with Gasteiger partial charge in [-0.15, -0.1) is 0 Å². The molecule has 0 aliphatic heterocycles. The molecule has 0 aliphatic rings. The first kappa shape index (κ1) is 12.1. The van der Waals surface area contributed by atoms with E-state index in [0.29, 0.717) is 17.1 Å². The molecule has 1 heterocycles. The van der Waals surface area contributed by atoms with E-state index in [1.165, 1.54) is 7.11 Å². The monoisotopic (exact) mass is 243 g/mol. The Hall–Kier alpha value is -2.36. The lowest BCUT2D eigenvalue weighted by Crippen LogP contribution is -2.00. The van der Waals surface area contributed by atoms with Gasteiger partial charge >= 0.3 is 5.97 Å². The van der Waals surface area contributed by atoms with Crippen LogP contribution >= 0.6 is 0 Å². The Bertz CT molecular complexity index is 549. The van der Waals surface area contributed by atoms with Crippen molar-refractivity contribution < 1.29 is 14.3 Å². The molecule has 0 N–H and O–H groups in total. The fraction of sp³-hybridized carbons (Fsp3) is 0.143. The SMILES string of the molecule is COC(=O)c1ccc(Oc2ccnc(C)c2)cc1. The number of ether oxygens (including phenoxy) is 2. The molecular weight excluding hydrogens is 230 g/mol. The maximum Gasteiger partial charge on any atom is 0.337 e. The van der Waals surface area contributed by atoms with Crippen LogP contribution in [-0.4, -0.2) is 18.1 Å². The van der Waals surface area contributed by atoms with E-state index in [1.807, 2.05) is 13.0 Å². The summed E-state index contributed by atoms with van der Waals surface area (Å²) in [7, 11) is 1.35. The molecule has 0 fully saturated rings. The van der Waals surface area contributed by atoms with Crippen molar-refractivity contribution in [3.05, 3.63) is 53.9 Å². The first-order valence-corrected chi connectivity index (χ1v) is 5.48. The number of nitrogens with zero attached hydrogens (tertiary/aromatic N) is 1. The van der Waals surface area contributed by atoms with Gasteiger partial charge in [0, 0.05) is 18.0 Å². The van der Waals surface area contributed by atoms with E-state index in [1.54, 1.807) is 36.5 Å². The van der Waals surface area contributed by atoms with Gasteiger partial charge in [-0.05, 0) is 37.3 Å². The Kier molecular flexibility index (Phi) is 3.57. The molecule has 1 aromatic heterocycles. The summed E-state index contributed by atoms with van der Waals surface area (Å²) in [5, 5.41) is 0. The fourth-order valence-corrected chi connectivity index (χ4v) is 1.50. The van der Waals surface area contributed by atoms with Crippen molar-refractivity contribution in [3.63, 3.8) is 0 Å². The predicted octanol–water partition coefficient (Wildman–Crippen LogP) is 2.97. The number of carbonyl (C=O) groups is 1. The van der Waals surface area contributed by atoms with Crippen molar-refractivity contribution in [2.75, 3.05) is 7.11 Å². The van der Waals surface area contributed by atoms with Crippen LogP contribution in [0.1, 0.15) is 16.1 Å². The quantitative estimate of drug-likeness (QED) is 0.777. The highest BCUT2D eigenvalue weighted by atomic mass is 16.5. The molecule has 2 rings (SSSR count). The van der Waals surface area contributed by atoms with Crippen LogP contribution in [0.25, 0.3) is 0 Å². The minimum atomic E-state index is -0.360. The van der Waals surface area contributed by atoms with Crippen molar-refractivity contribution in [1.82, 2.24) is 4.98 Å². The summed E-state index contributed by atoms with van der Waals surface area (Å²) in [6, 6.07) is 10.4. The maximum atomic E-state index is 11.3. The summed E-state index contributed by atoms with van der Waals surface area (Å²) in [5.41, 5.74) is 1.38. The third-order valence-electron chi connectivity index (χ3n) is 2.38. The number of hydrogen-bond acceptors (Lipinski definition) is 4. The Labute approximate surface area is 105 Å². The number of hydrogen-bond donors (Lipinski definition) is 0. The molecule has 4 heteroatoms. The summed E-state index contributed by atoms with van der Waals surface area (Å²) >= 11 is 0. The smallest absolute Gasteiger partial charge is 0.337 e. The summed E-state index contributed by atoms with van der Waals surface area (Å²) < 4.78 is 10.3. The van der Waals surface area contributed by atoms with Gasteiger partial charge in [-0.3, -0.25) is 4.98 Å². The van der Waals surface area contributed by atoms with Gasteiger partial charge in [0.15, 0.2) is 0 Å². The molecule has 92 valence electrons. The van der Waals surface area contributed by atoms with Crippen LogP contribution in [0, 0.1) is 6.92 Å². The van der Waals surface area contributed by atoms with E-state index >= 15 is 0 Å². The molecule has 2 aromatic rings. The topological polar surface area (TPSA) is 48.4 Å². The van der Waals surface area contributed by atoms with E-state index in [4.69, 9.17) is 4.74 Å². The van der Waals surface area contributed by atoms with Crippen LogP contribution in [0.4, 0.5) is 0 Å². The molecule has 0 unspecified atom stereocenters. The highest BCUT2D eigenvalue weighted by Crippen LogP contribution is 2.21. The van der Waals surface area contributed by atoms with Gasteiger partial charge in [-0.25, -0.2) is 4.79 Å². The summed E-state index contributed by atoms with van der Waals surface area (Å²) in [5.74, 6) is 1.02. The Morgan fingerprint density at radius 2 is 1.83 bits per heavy atom. The van der Waals surface area contributed by atoms with E-state index < -0.39 is 0 Å². The zero-order chi connectivity index (χ0) is 13.0. The molecule has 0 bridgehead atoms. The third-order valence-corrected chi connectivity index (χ3v) is 2.38. The fourth-order valence-electron chi connectivity index (χ4n) is 1.50. The average Bonchev–Trinajstić information content (AvgIpc) is 2.39. The first-order chi connectivity index (χ1) is 8.69. The number of aromatic nitrogens is 1. The van der Waals surface area contributed by atoms with E-state index in [0.717, 1.165) is 5.69 Å². The van der Waals surface area contributed by atoms with Crippen LogP contribution in [-0.2, 0) is 4.74 Å². The summed E-state index contributed by atoms with van der Waals surface area (Å²) in [6.45, 7) is 1.90. The van der Waals surface area contributed by atoms with Crippen LogP contribution in [0.15, 0.2) is 42.6 Å². The van der Waals surface area contributed by atoms with Gasteiger partial charge in [0.25, 0.3) is 0 Å². The molecule has 18 heavy (non-hydrogen) atoms. The number of rotatable bonds is 3. The van der Waals surface area contributed by atoms with E-state index in [-0.39, 0.29) is 5.97 Å². The lowest BCUT2D eigenvalue weighted by atomic mass is 10.2. The molecule has 0 saturated heterocycles. The van der Waals surface area contributed by atoms with E-state index in [9.17, 15) is 4.79 Å². The standard InChI is InChI=1S/C14H13NO3/c1-10-9-13(7-8-15-10)18-12-5-3-11(4-6-12)14(16)17-2/h3-9H,1-2H3. The van der Waals surface area contributed by atoms with Crippen molar-refractivity contribution >= 4 is 5.97 Å². The van der Waals surface area contributed by atoms with Crippen molar-refractivity contribution in [2.24, 2.45) is 0 Å². The van der Waals surface area contributed by atoms with Gasteiger partial charge in [0.2, 0.25) is 0 Å². The van der Waals surface area contributed by atoms with Gasteiger partial charge in [0.1, 0.15) is 11.5 Å². The minimum Gasteiger partial charge on any atom is -0.465 e. The molecule has 4 nitrogen and oxygen atoms in total. The number of methoxy groups -OCH3 is 1. The van der Waals surface area contributed by atoms with Crippen LogP contribution < -0.4 is 4.74 Å². The molecule has 0 amide bonds. The second-order valence-corrected chi connectivity index (χ2v) is 3.75. The molecule has 0 radical (unpaired) electrons. The number of aryl methyl sites for hydroxylation is 1. The van der Waals surface area contributed by atoms with Gasteiger partial charge < -0.3 is 9.47 Å². The maximum absolute atomic E-state index is 11.3. The Morgan fingerprint density at radius 1 is 1.11 bits per heavy atom. The molecule has 0 spiro atoms. The third kappa shape index (κ3) is 2.85. The second-order valence-electron chi connectivity index (χ2n) is 3.75. The van der Waals surface area contributed by atoms with Crippen LogP contribution in [0.2, 0.25) is 0 Å². The van der Waals surface area contributed by atoms with Crippen molar-refractivity contribution in [2.45, 2.75) is 6.92 Å². The lowest BCUT2D eigenvalue weighted by molar-refractivity contribution is 0.0600. The molecule has 0 aliphatic carbocycles. The largest absolute Gasteiger partial charge is 0.465 e. The zero-order valence-electron chi connectivity index (χ0n) is 10.2. The summed E-state index contributed by atoms with van der Waals surface area (Å²) in [6.07, 6.45) is 1.69. The normalized spacial score (nSPS) is 9.89. The molecule has 0 atom stereocenters. The van der Waals surface area contributed by atoms with Crippen molar-refractivity contribution in [3.8, 4) is 11.5 Å². The Balaban J connectivity index is 2.13. The highest BCUT2D eigenvalue weighted by Gasteiger charge is 2.05. The predicted molar refractivity (Wildman–Crippen MR) is 66.8 cm³/mol. The van der Waals surface area contributed by atoms with Gasteiger partial charge in [-0.1, -0.05) is 0 Å². The molecule has 1 aromatic carbocycles. The Morgan fingerprint density at radius 3 is 2.44 bits per heavy atom. The highest BCUT2D eigenvalue weighted by molar-refractivity contribution is 5.89. The second kappa shape index (κ2) is 5.31. The van der Waals surface area contributed by atoms with E-state index in [2.05, 4.69) is 9.72 Å². The minimum absolute atomic E-state index is 0.360. The zero-order valence-corrected chi connectivity index (χ0v) is 10.2. The number of carbonyl (C=O) groups excluding carboxylic acids is 1.